The Morgan fingerprint density at radius 3 is 2.63 bits per heavy atom. The van der Waals surface area contributed by atoms with Crippen LogP contribution in [0.3, 0.4) is 0 Å². The molecule has 0 spiro atoms. The first-order valence-electron chi connectivity index (χ1n) is 4.86. The molecule has 0 fully saturated rings. The van der Waals surface area contributed by atoms with Gasteiger partial charge in [-0.1, -0.05) is 0 Å². The van der Waals surface area contributed by atoms with E-state index in [2.05, 4.69) is 15.9 Å². The third-order valence-corrected chi connectivity index (χ3v) is 4.22. The van der Waals surface area contributed by atoms with Crippen LogP contribution in [0.5, 0.6) is 0 Å². The Labute approximate surface area is 117 Å². The van der Waals surface area contributed by atoms with Crippen LogP contribution in [0.4, 0.5) is 10.1 Å². The Balaban J connectivity index is 3.01. The lowest BCUT2D eigenvalue weighted by Gasteiger charge is -2.11. The Morgan fingerprint density at radius 1 is 1.53 bits per heavy atom. The summed E-state index contributed by atoms with van der Waals surface area (Å²) in [6, 6.07) is 1.81. The summed E-state index contributed by atoms with van der Waals surface area (Å²) in [5, 5.41) is 9.10. The summed E-state index contributed by atoms with van der Waals surface area (Å²) >= 11 is 2.83. The van der Waals surface area contributed by atoms with Crippen molar-refractivity contribution < 1.29 is 22.7 Å². The number of primary amides is 1. The van der Waals surface area contributed by atoms with Crippen LogP contribution in [0.15, 0.2) is 21.5 Å². The van der Waals surface area contributed by atoms with Gasteiger partial charge in [0.05, 0.1) is 10.2 Å². The van der Waals surface area contributed by atoms with E-state index < -0.39 is 34.4 Å². The number of hydrogen-bond donors (Lipinski definition) is 4. The molecule has 10 heteroatoms. The van der Waals surface area contributed by atoms with Crippen molar-refractivity contribution in [1.29, 1.82) is 0 Å². The fourth-order valence-corrected chi connectivity index (χ4v) is 2.81. The van der Waals surface area contributed by atoms with Gasteiger partial charge in [0.1, 0.15) is 16.8 Å². The summed E-state index contributed by atoms with van der Waals surface area (Å²) in [5.74, 6) is -1.79. The molecule has 19 heavy (non-hydrogen) atoms. The topological polar surface area (TPSA) is 136 Å². The molecular formula is C9H11BrFN3O4S. The lowest BCUT2D eigenvalue weighted by atomic mass is 10.3. The second kappa shape index (κ2) is 5.82. The number of halogens is 2. The van der Waals surface area contributed by atoms with Gasteiger partial charge in [-0.15, -0.1) is 0 Å². The molecule has 1 amide bonds. The highest BCUT2D eigenvalue weighted by molar-refractivity contribution is 9.10. The van der Waals surface area contributed by atoms with E-state index in [1.54, 1.807) is 0 Å². The predicted octanol–water partition coefficient (Wildman–Crippen LogP) is -0.705. The SMILES string of the molecule is NC(=O)C(O)CNS(=O)(=O)c1cc(Br)c(F)cc1N. The van der Waals surface area contributed by atoms with Crippen LogP contribution in [-0.2, 0) is 14.8 Å². The molecule has 1 rings (SSSR count). The largest absolute Gasteiger partial charge is 0.398 e. The molecule has 0 bridgehead atoms. The number of amides is 1. The number of anilines is 1. The third-order valence-electron chi connectivity index (χ3n) is 2.14. The summed E-state index contributed by atoms with van der Waals surface area (Å²) in [5.41, 5.74) is 9.88. The van der Waals surface area contributed by atoms with Crippen molar-refractivity contribution in [2.75, 3.05) is 12.3 Å². The second-order valence-electron chi connectivity index (χ2n) is 3.57. The molecule has 6 N–H and O–H groups in total. The molecule has 1 unspecified atom stereocenters. The Bertz CT molecular complexity index is 608. The molecule has 0 aliphatic carbocycles. The summed E-state index contributed by atoms with van der Waals surface area (Å²) < 4.78 is 38.7. The smallest absolute Gasteiger partial charge is 0.247 e. The fourth-order valence-electron chi connectivity index (χ4n) is 1.14. The first-order valence-corrected chi connectivity index (χ1v) is 7.14. The Morgan fingerprint density at radius 2 is 2.11 bits per heavy atom. The maximum atomic E-state index is 13.1. The molecule has 7 nitrogen and oxygen atoms in total. The summed E-state index contributed by atoms with van der Waals surface area (Å²) in [7, 11) is -4.10. The molecule has 0 aliphatic rings. The molecule has 1 aromatic rings. The molecule has 0 saturated heterocycles. The minimum Gasteiger partial charge on any atom is -0.398 e. The number of nitrogen functional groups attached to an aromatic ring is 1. The fraction of sp³-hybridized carbons (Fsp3) is 0.222. The molecule has 0 saturated carbocycles. The molecule has 0 heterocycles. The number of nitrogens with one attached hydrogen (secondary N) is 1. The number of rotatable bonds is 5. The number of hydrogen-bond acceptors (Lipinski definition) is 5. The van der Waals surface area contributed by atoms with E-state index in [0.29, 0.717) is 0 Å². The Kier molecular flexibility index (Phi) is 4.85. The van der Waals surface area contributed by atoms with E-state index >= 15 is 0 Å². The van der Waals surface area contributed by atoms with Crippen molar-refractivity contribution in [1.82, 2.24) is 4.72 Å². The third kappa shape index (κ3) is 3.86. The van der Waals surface area contributed by atoms with Gasteiger partial charge in [0, 0.05) is 6.54 Å². The average Bonchev–Trinajstić information content (AvgIpc) is 2.30. The molecule has 0 radical (unpaired) electrons. The normalized spacial score (nSPS) is 13.2. The maximum absolute atomic E-state index is 13.1. The van der Waals surface area contributed by atoms with E-state index in [-0.39, 0.29) is 15.1 Å². The van der Waals surface area contributed by atoms with E-state index in [1.165, 1.54) is 0 Å². The molecule has 1 atom stereocenters. The second-order valence-corrected chi connectivity index (χ2v) is 6.16. The van der Waals surface area contributed by atoms with Crippen LogP contribution in [0.25, 0.3) is 0 Å². The first kappa shape index (κ1) is 15.8. The zero-order valence-corrected chi connectivity index (χ0v) is 11.8. The van der Waals surface area contributed by atoms with Gasteiger partial charge in [0.25, 0.3) is 0 Å². The average molecular weight is 356 g/mol. The zero-order valence-electron chi connectivity index (χ0n) is 9.43. The highest BCUT2D eigenvalue weighted by atomic mass is 79.9. The quantitative estimate of drug-likeness (QED) is 0.517. The van der Waals surface area contributed by atoms with Crippen LogP contribution in [0, 0.1) is 5.82 Å². The van der Waals surface area contributed by atoms with Gasteiger partial charge in [-0.3, -0.25) is 4.79 Å². The van der Waals surface area contributed by atoms with Gasteiger partial charge < -0.3 is 16.6 Å². The lowest BCUT2D eigenvalue weighted by Crippen LogP contribution is -2.40. The van der Waals surface area contributed by atoms with Crippen molar-refractivity contribution >= 4 is 37.5 Å². The van der Waals surface area contributed by atoms with Gasteiger partial charge in [0.2, 0.25) is 15.9 Å². The molecule has 1 aromatic carbocycles. The lowest BCUT2D eigenvalue weighted by molar-refractivity contribution is -0.125. The highest BCUT2D eigenvalue weighted by Gasteiger charge is 2.22. The highest BCUT2D eigenvalue weighted by Crippen LogP contribution is 2.25. The van der Waals surface area contributed by atoms with Crippen LogP contribution < -0.4 is 16.2 Å². The monoisotopic (exact) mass is 355 g/mol. The number of carbonyl (C=O) groups excluding carboxylic acids is 1. The number of aliphatic hydroxyl groups excluding tert-OH is 1. The molecule has 0 aliphatic heterocycles. The van der Waals surface area contributed by atoms with Crippen molar-refractivity contribution in [3.63, 3.8) is 0 Å². The van der Waals surface area contributed by atoms with Crippen LogP contribution in [0.1, 0.15) is 0 Å². The van der Waals surface area contributed by atoms with E-state index in [9.17, 15) is 17.6 Å². The number of benzene rings is 1. The molecule has 0 aromatic heterocycles. The standard InChI is InChI=1S/C9H11BrFN3O4S/c10-4-1-8(6(12)2-5(4)11)19(17,18)14-3-7(15)9(13)16/h1-2,7,14-15H,3,12H2,(H2,13,16). The Hall–Kier alpha value is -1.23. The summed E-state index contributed by atoms with van der Waals surface area (Å²) in [6.45, 7) is -0.605. The zero-order chi connectivity index (χ0) is 14.8. The van der Waals surface area contributed by atoms with E-state index in [4.69, 9.17) is 16.6 Å². The van der Waals surface area contributed by atoms with Gasteiger partial charge in [-0.2, -0.15) is 0 Å². The van der Waals surface area contributed by atoms with Gasteiger partial charge >= 0.3 is 0 Å². The minimum atomic E-state index is -4.10. The molecule has 106 valence electrons. The van der Waals surface area contributed by atoms with E-state index in [1.807, 2.05) is 4.72 Å². The van der Waals surface area contributed by atoms with Crippen LogP contribution >= 0.6 is 15.9 Å². The summed E-state index contributed by atoms with van der Waals surface area (Å²) in [6.07, 6.45) is -1.67. The number of nitrogens with two attached hydrogens (primary N) is 2. The van der Waals surface area contributed by atoms with Crippen LogP contribution in [0.2, 0.25) is 0 Å². The summed E-state index contributed by atoms with van der Waals surface area (Å²) in [4.78, 5) is 10.2. The molecular weight excluding hydrogens is 345 g/mol. The first-order chi connectivity index (χ1) is 8.65. The maximum Gasteiger partial charge on any atom is 0.247 e. The van der Waals surface area contributed by atoms with Crippen molar-refractivity contribution in [2.45, 2.75) is 11.0 Å². The van der Waals surface area contributed by atoms with Gasteiger partial charge in [-0.25, -0.2) is 17.5 Å². The predicted molar refractivity (Wildman–Crippen MR) is 68.9 cm³/mol. The van der Waals surface area contributed by atoms with Crippen molar-refractivity contribution in [2.24, 2.45) is 5.73 Å². The minimum absolute atomic E-state index is 0.0856. The number of aliphatic hydroxyl groups is 1. The number of sulfonamides is 1. The van der Waals surface area contributed by atoms with Gasteiger partial charge in [-0.05, 0) is 28.1 Å². The van der Waals surface area contributed by atoms with Crippen molar-refractivity contribution in [3.8, 4) is 0 Å². The van der Waals surface area contributed by atoms with Crippen molar-refractivity contribution in [3.05, 3.63) is 22.4 Å². The van der Waals surface area contributed by atoms with E-state index in [0.717, 1.165) is 12.1 Å². The van der Waals surface area contributed by atoms with Gasteiger partial charge in [0.15, 0.2) is 0 Å². The number of carbonyl (C=O) groups is 1. The van der Waals surface area contributed by atoms with Crippen LogP contribution in [-0.4, -0.2) is 32.1 Å².